The summed E-state index contributed by atoms with van der Waals surface area (Å²) < 4.78 is 5.20. The van der Waals surface area contributed by atoms with E-state index in [0.717, 1.165) is 16.7 Å². The number of esters is 1. The van der Waals surface area contributed by atoms with Gasteiger partial charge in [0.05, 0.1) is 6.20 Å². The van der Waals surface area contributed by atoms with Crippen LogP contribution in [0, 0.1) is 0 Å². The summed E-state index contributed by atoms with van der Waals surface area (Å²) in [5.41, 5.74) is 2.60. The zero-order valence-electron chi connectivity index (χ0n) is 15.9. The Kier molecular flexibility index (Phi) is 5.40. The van der Waals surface area contributed by atoms with Crippen LogP contribution in [0.1, 0.15) is 23.6 Å². The summed E-state index contributed by atoms with van der Waals surface area (Å²) in [5, 5.41) is 4.78. The quantitative estimate of drug-likeness (QED) is 0.344. The zero-order chi connectivity index (χ0) is 20.1. The summed E-state index contributed by atoms with van der Waals surface area (Å²) in [6.45, 7) is 1.38. The van der Waals surface area contributed by atoms with Crippen LogP contribution in [-0.4, -0.2) is 11.0 Å². The van der Waals surface area contributed by atoms with Crippen LogP contribution in [0.5, 0.6) is 5.06 Å². The molecule has 4 rings (SSSR count). The molecule has 29 heavy (non-hydrogen) atoms. The highest BCUT2D eigenvalue weighted by molar-refractivity contribution is 7.17. The molecule has 0 spiro atoms. The van der Waals surface area contributed by atoms with Gasteiger partial charge >= 0.3 is 5.97 Å². The third kappa shape index (κ3) is 3.91. The Hall–Kier alpha value is -3.44. The molecule has 144 valence electrons. The maximum absolute atomic E-state index is 11.3. The van der Waals surface area contributed by atoms with E-state index in [-0.39, 0.29) is 5.97 Å². The molecule has 0 unspecified atom stereocenters. The van der Waals surface area contributed by atoms with Crippen LogP contribution in [0.4, 0.5) is 5.13 Å². The van der Waals surface area contributed by atoms with Gasteiger partial charge in [0.1, 0.15) is 5.54 Å². The van der Waals surface area contributed by atoms with Gasteiger partial charge in [-0.05, 0) is 16.7 Å². The SMILES string of the molecule is CC(=O)Oc1cnc(NC(c2ccccc2)(c2ccccc2)c2ccccc2)s1. The summed E-state index contributed by atoms with van der Waals surface area (Å²) in [4.78, 5) is 15.8. The van der Waals surface area contributed by atoms with Gasteiger partial charge < -0.3 is 10.1 Å². The first-order chi connectivity index (χ1) is 14.2. The first-order valence-electron chi connectivity index (χ1n) is 9.27. The molecule has 0 saturated carbocycles. The highest BCUT2D eigenvalue weighted by atomic mass is 32.1. The molecule has 1 N–H and O–H groups in total. The number of benzene rings is 3. The Morgan fingerprint density at radius 2 is 1.28 bits per heavy atom. The topological polar surface area (TPSA) is 51.2 Å². The highest BCUT2D eigenvalue weighted by Crippen LogP contribution is 2.41. The fourth-order valence-electron chi connectivity index (χ4n) is 3.45. The minimum atomic E-state index is -0.658. The highest BCUT2D eigenvalue weighted by Gasteiger charge is 2.37. The normalized spacial score (nSPS) is 11.1. The van der Waals surface area contributed by atoms with Crippen LogP contribution in [-0.2, 0) is 10.3 Å². The van der Waals surface area contributed by atoms with Gasteiger partial charge in [-0.2, -0.15) is 0 Å². The first kappa shape index (κ1) is 18.9. The van der Waals surface area contributed by atoms with Crippen molar-refractivity contribution in [1.29, 1.82) is 0 Å². The van der Waals surface area contributed by atoms with Gasteiger partial charge in [0.15, 0.2) is 5.13 Å². The van der Waals surface area contributed by atoms with Crippen molar-refractivity contribution in [3.8, 4) is 5.06 Å². The minimum Gasteiger partial charge on any atom is -0.414 e. The van der Waals surface area contributed by atoms with E-state index in [1.54, 1.807) is 6.20 Å². The lowest BCUT2D eigenvalue weighted by atomic mass is 9.77. The van der Waals surface area contributed by atoms with Crippen LogP contribution in [0.25, 0.3) is 0 Å². The van der Waals surface area contributed by atoms with Crippen molar-refractivity contribution in [1.82, 2.24) is 4.98 Å². The number of anilines is 1. The lowest BCUT2D eigenvalue weighted by Crippen LogP contribution is -2.38. The molecule has 0 aliphatic heterocycles. The number of aromatic nitrogens is 1. The summed E-state index contributed by atoms with van der Waals surface area (Å²) in [7, 11) is 0. The van der Waals surface area contributed by atoms with Crippen LogP contribution in [0.2, 0.25) is 0 Å². The van der Waals surface area contributed by atoms with Gasteiger partial charge in [-0.1, -0.05) is 102 Å². The van der Waals surface area contributed by atoms with E-state index in [1.807, 2.05) is 54.6 Å². The van der Waals surface area contributed by atoms with Crippen molar-refractivity contribution in [3.63, 3.8) is 0 Å². The molecule has 0 saturated heterocycles. The monoisotopic (exact) mass is 400 g/mol. The van der Waals surface area contributed by atoms with Gasteiger partial charge in [0.25, 0.3) is 0 Å². The Labute approximate surface area is 173 Å². The lowest BCUT2D eigenvalue weighted by Gasteiger charge is -2.36. The smallest absolute Gasteiger partial charge is 0.308 e. The Morgan fingerprint density at radius 1 is 0.828 bits per heavy atom. The van der Waals surface area contributed by atoms with Crippen molar-refractivity contribution in [2.24, 2.45) is 0 Å². The number of thiazole rings is 1. The standard InChI is InChI=1S/C24H20N2O2S/c1-18(27)28-22-17-25-23(29-22)26-24(19-11-5-2-6-12-19,20-13-7-3-8-14-20)21-15-9-4-10-16-21/h2-17H,1H3,(H,25,26). The third-order valence-corrected chi connectivity index (χ3v) is 5.43. The maximum Gasteiger partial charge on any atom is 0.308 e. The molecule has 4 aromatic rings. The van der Waals surface area contributed by atoms with Crippen molar-refractivity contribution < 1.29 is 9.53 Å². The van der Waals surface area contributed by atoms with E-state index in [2.05, 4.69) is 46.7 Å². The first-order valence-corrected chi connectivity index (χ1v) is 10.1. The van der Waals surface area contributed by atoms with E-state index >= 15 is 0 Å². The third-order valence-electron chi connectivity index (χ3n) is 4.64. The average Bonchev–Trinajstić information content (AvgIpc) is 3.20. The molecule has 4 nitrogen and oxygen atoms in total. The van der Waals surface area contributed by atoms with Gasteiger partial charge in [0.2, 0.25) is 5.06 Å². The van der Waals surface area contributed by atoms with Crippen molar-refractivity contribution in [2.75, 3.05) is 5.32 Å². The molecule has 1 heterocycles. The van der Waals surface area contributed by atoms with E-state index in [0.29, 0.717) is 10.2 Å². The van der Waals surface area contributed by atoms with Gasteiger partial charge in [-0.3, -0.25) is 4.79 Å². The van der Waals surface area contributed by atoms with E-state index in [4.69, 9.17) is 4.74 Å². The number of hydrogen-bond acceptors (Lipinski definition) is 5. The minimum absolute atomic E-state index is 0.361. The Balaban J connectivity index is 1.90. The number of rotatable bonds is 6. The van der Waals surface area contributed by atoms with Gasteiger partial charge in [0, 0.05) is 6.92 Å². The predicted octanol–water partition coefficient (Wildman–Crippen LogP) is 5.47. The summed E-state index contributed by atoms with van der Waals surface area (Å²) in [5.74, 6) is -0.361. The largest absolute Gasteiger partial charge is 0.414 e. The number of ether oxygens (including phenoxy) is 1. The molecular formula is C24H20N2O2S. The average molecular weight is 401 g/mol. The molecule has 0 fully saturated rings. The van der Waals surface area contributed by atoms with E-state index in [9.17, 15) is 4.79 Å². The number of carbonyl (C=O) groups is 1. The molecule has 0 bridgehead atoms. The lowest BCUT2D eigenvalue weighted by molar-refractivity contribution is -0.131. The Morgan fingerprint density at radius 3 is 1.69 bits per heavy atom. The number of carbonyl (C=O) groups excluding carboxylic acids is 1. The molecule has 0 amide bonds. The molecule has 5 heteroatoms. The molecule has 3 aromatic carbocycles. The molecule has 0 aliphatic carbocycles. The van der Waals surface area contributed by atoms with Crippen LogP contribution >= 0.6 is 11.3 Å². The predicted molar refractivity (Wildman–Crippen MR) is 116 cm³/mol. The van der Waals surface area contributed by atoms with Crippen LogP contribution in [0.15, 0.2) is 97.2 Å². The van der Waals surface area contributed by atoms with Gasteiger partial charge in [-0.15, -0.1) is 0 Å². The second-order valence-electron chi connectivity index (χ2n) is 6.55. The summed E-state index contributed by atoms with van der Waals surface area (Å²) in [6, 6.07) is 30.8. The van der Waals surface area contributed by atoms with E-state index < -0.39 is 5.54 Å². The van der Waals surface area contributed by atoms with Crippen molar-refractivity contribution in [3.05, 3.63) is 114 Å². The number of hydrogen-bond donors (Lipinski definition) is 1. The zero-order valence-corrected chi connectivity index (χ0v) is 16.7. The Bertz CT molecular complexity index is 983. The fourth-order valence-corrected chi connectivity index (χ4v) is 4.21. The van der Waals surface area contributed by atoms with Gasteiger partial charge in [-0.25, -0.2) is 4.98 Å². The van der Waals surface area contributed by atoms with E-state index in [1.165, 1.54) is 18.3 Å². The molecule has 0 aliphatic rings. The van der Waals surface area contributed by atoms with Crippen LogP contribution in [0.3, 0.4) is 0 Å². The molecule has 1 aromatic heterocycles. The molecule has 0 atom stereocenters. The number of nitrogens with zero attached hydrogens (tertiary/aromatic N) is 1. The summed E-state index contributed by atoms with van der Waals surface area (Å²) >= 11 is 1.31. The van der Waals surface area contributed by atoms with Crippen molar-refractivity contribution in [2.45, 2.75) is 12.5 Å². The van der Waals surface area contributed by atoms with Crippen molar-refractivity contribution >= 4 is 22.4 Å². The molecule has 0 radical (unpaired) electrons. The van der Waals surface area contributed by atoms with Crippen LogP contribution < -0.4 is 10.1 Å². The summed E-state index contributed by atoms with van der Waals surface area (Å²) in [6.07, 6.45) is 1.57. The second kappa shape index (κ2) is 8.29. The second-order valence-corrected chi connectivity index (χ2v) is 7.54. The maximum atomic E-state index is 11.3. The fraction of sp³-hybridized carbons (Fsp3) is 0.0833. The molecular weight excluding hydrogens is 380 g/mol. The number of nitrogens with one attached hydrogen (secondary N) is 1.